The maximum Gasteiger partial charge on any atom is 0.0744 e. The molecule has 3 N–H and O–H groups in total. The number of thioether (sulfide) groups is 1. The summed E-state index contributed by atoms with van der Waals surface area (Å²) < 4.78 is 0. The van der Waals surface area contributed by atoms with E-state index in [2.05, 4.69) is 13.8 Å². The molecule has 0 saturated heterocycles. The summed E-state index contributed by atoms with van der Waals surface area (Å²) in [6.07, 6.45) is 0. The lowest BCUT2D eigenvalue weighted by atomic mass is 10.6. The molecule has 0 radical (unpaired) electrons. The first-order valence-corrected chi connectivity index (χ1v) is 3.63. The van der Waals surface area contributed by atoms with Gasteiger partial charge in [-0.3, -0.25) is 0 Å². The summed E-state index contributed by atoms with van der Waals surface area (Å²) in [6, 6.07) is 0. The summed E-state index contributed by atoms with van der Waals surface area (Å²) in [5, 5.41) is 8.85. The van der Waals surface area contributed by atoms with E-state index >= 15 is 0 Å². The first-order chi connectivity index (χ1) is 3.66. The highest BCUT2D eigenvalue weighted by Crippen LogP contribution is 2.11. The average Bonchev–Trinajstić information content (AvgIpc) is 1.65. The van der Waals surface area contributed by atoms with Crippen molar-refractivity contribution in [3.05, 3.63) is 0 Å². The molecule has 0 saturated carbocycles. The van der Waals surface area contributed by atoms with E-state index in [9.17, 15) is 0 Å². The van der Waals surface area contributed by atoms with E-state index in [-0.39, 0.29) is 12.0 Å². The number of hydrogen-bond donors (Lipinski definition) is 2. The number of rotatable bonds is 3. The molecule has 0 rings (SSSR count). The molecule has 0 aromatic carbocycles. The number of aliphatic hydroxyl groups is 1. The standard InChI is InChI=1S/C5H13NOS/c1-4(2)8-5(6)3-7/h4-5,7H,3,6H2,1-2H3. The van der Waals surface area contributed by atoms with E-state index < -0.39 is 0 Å². The van der Waals surface area contributed by atoms with Gasteiger partial charge in [0.1, 0.15) is 0 Å². The Labute approximate surface area is 54.5 Å². The number of nitrogens with two attached hydrogens (primary N) is 1. The normalized spacial score (nSPS) is 14.6. The molecule has 0 aromatic rings. The zero-order valence-electron chi connectivity index (χ0n) is 5.29. The van der Waals surface area contributed by atoms with E-state index in [0.717, 1.165) is 0 Å². The van der Waals surface area contributed by atoms with Crippen molar-refractivity contribution >= 4 is 11.8 Å². The Balaban J connectivity index is 3.10. The van der Waals surface area contributed by atoms with Crippen molar-refractivity contribution in [3.63, 3.8) is 0 Å². The van der Waals surface area contributed by atoms with E-state index in [1.807, 2.05) is 0 Å². The van der Waals surface area contributed by atoms with Crippen LogP contribution in [-0.2, 0) is 0 Å². The molecule has 0 heterocycles. The second-order valence-electron chi connectivity index (χ2n) is 1.91. The predicted octanol–water partition coefficient (Wildman–Crippen LogP) is 0.405. The Hall–Kier alpha value is 0.270. The van der Waals surface area contributed by atoms with Gasteiger partial charge < -0.3 is 10.8 Å². The molecule has 0 amide bonds. The van der Waals surface area contributed by atoms with E-state index in [0.29, 0.717) is 5.25 Å². The lowest BCUT2D eigenvalue weighted by Gasteiger charge is -2.09. The van der Waals surface area contributed by atoms with Crippen molar-refractivity contribution in [2.45, 2.75) is 24.5 Å². The van der Waals surface area contributed by atoms with Crippen LogP contribution in [0.15, 0.2) is 0 Å². The molecule has 1 unspecified atom stereocenters. The van der Waals surface area contributed by atoms with Gasteiger partial charge in [-0.2, -0.15) is 0 Å². The molecule has 2 nitrogen and oxygen atoms in total. The fraction of sp³-hybridized carbons (Fsp3) is 1.00. The van der Waals surface area contributed by atoms with Crippen molar-refractivity contribution in [2.75, 3.05) is 6.61 Å². The van der Waals surface area contributed by atoms with Crippen LogP contribution in [-0.4, -0.2) is 22.3 Å². The van der Waals surface area contributed by atoms with Crippen molar-refractivity contribution in [3.8, 4) is 0 Å². The Bertz CT molecular complexity index is 58.4. The van der Waals surface area contributed by atoms with Gasteiger partial charge in [0.05, 0.1) is 12.0 Å². The molecule has 1 atom stereocenters. The first kappa shape index (κ1) is 8.27. The van der Waals surface area contributed by atoms with Crippen LogP contribution in [0, 0.1) is 0 Å². The Morgan fingerprint density at radius 2 is 2.12 bits per heavy atom. The minimum Gasteiger partial charge on any atom is -0.394 e. The molecular formula is C5H13NOS. The minimum absolute atomic E-state index is 0.0723. The molecule has 0 bridgehead atoms. The summed E-state index contributed by atoms with van der Waals surface area (Å²) in [7, 11) is 0. The molecular weight excluding hydrogens is 122 g/mol. The molecule has 0 fully saturated rings. The smallest absolute Gasteiger partial charge is 0.0744 e. The molecule has 50 valence electrons. The summed E-state index contributed by atoms with van der Waals surface area (Å²) in [4.78, 5) is 0. The minimum atomic E-state index is -0.102. The Morgan fingerprint density at radius 3 is 2.25 bits per heavy atom. The number of hydrogen-bond acceptors (Lipinski definition) is 3. The predicted molar refractivity (Wildman–Crippen MR) is 37.8 cm³/mol. The third-order valence-corrected chi connectivity index (χ3v) is 1.67. The second kappa shape index (κ2) is 4.18. The van der Waals surface area contributed by atoms with Crippen LogP contribution in [0.1, 0.15) is 13.8 Å². The quantitative estimate of drug-likeness (QED) is 0.551. The van der Waals surface area contributed by atoms with Crippen LogP contribution < -0.4 is 5.73 Å². The van der Waals surface area contributed by atoms with Gasteiger partial charge in [0.25, 0.3) is 0 Å². The van der Waals surface area contributed by atoms with Gasteiger partial charge in [-0.15, -0.1) is 11.8 Å². The van der Waals surface area contributed by atoms with E-state index in [1.54, 1.807) is 11.8 Å². The molecule has 0 aliphatic rings. The lowest BCUT2D eigenvalue weighted by molar-refractivity contribution is 0.296. The molecule has 0 aliphatic carbocycles. The number of aliphatic hydroxyl groups excluding tert-OH is 1. The highest BCUT2D eigenvalue weighted by molar-refractivity contribution is 8.00. The van der Waals surface area contributed by atoms with Crippen LogP contribution >= 0.6 is 11.8 Å². The van der Waals surface area contributed by atoms with Gasteiger partial charge >= 0.3 is 0 Å². The zero-order valence-corrected chi connectivity index (χ0v) is 6.11. The third-order valence-electron chi connectivity index (χ3n) is 0.627. The largest absolute Gasteiger partial charge is 0.394 e. The van der Waals surface area contributed by atoms with Crippen LogP contribution in [0.5, 0.6) is 0 Å². The van der Waals surface area contributed by atoms with Crippen molar-refractivity contribution in [1.29, 1.82) is 0 Å². The molecule has 0 spiro atoms. The Kier molecular flexibility index (Phi) is 4.32. The van der Waals surface area contributed by atoms with Gasteiger partial charge in [-0.1, -0.05) is 13.8 Å². The van der Waals surface area contributed by atoms with Gasteiger partial charge in [0.2, 0.25) is 0 Å². The van der Waals surface area contributed by atoms with E-state index in [1.165, 1.54) is 0 Å². The Morgan fingerprint density at radius 1 is 1.62 bits per heavy atom. The van der Waals surface area contributed by atoms with Crippen LogP contribution in [0.3, 0.4) is 0 Å². The van der Waals surface area contributed by atoms with Crippen molar-refractivity contribution < 1.29 is 5.11 Å². The fourth-order valence-electron chi connectivity index (χ4n) is 0.393. The third kappa shape index (κ3) is 4.43. The maximum absolute atomic E-state index is 8.44. The summed E-state index contributed by atoms with van der Waals surface area (Å²) in [6.45, 7) is 4.18. The van der Waals surface area contributed by atoms with Gasteiger partial charge in [0, 0.05) is 5.25 Å². The van der Waals surface area contributed by atoms with Gasteiger partial charge in [-0.05, 0) is 0 Å². The summed E-state index contributed by atoms with van der Waals surface area (Å²) in [5.74, 6) is 0. The zero-order chi connectivity index (χ0) is 6.57. The lowest BCUT2D eigenvalue weighted by Crippen LogP contribution is -2.21. The molecule has 0 aromatic heterocycles. The second-order valence-corrected chi connectivity index (χ2v) is 3.73. The van der Waals surface area contributed by atoms with Crippen LogP contribution in [0.25, 0.3) is 0 Å². The average molecular weight is 135 g/mol. The van der Waals surface area contributed by atoms with Gasteiger partial charge in [-0.25, -0.2) is 0 Å². The maximum atomic E-state index is 8.44. The van der Waals surface area contributed by atoms with E-state index in [4.69, 9.17) is 10.8 Å². The molecule has 8 heavy (non-hydrogen) atoms. The highest BCUT2D eigenvalue weighted by Gasteiger charge is 2.01. The topological polar surface area (TPSA) is 46.2 Å². The monoisotopic (exact) mass is 135 g/mol. The highest BCUT2D eigenvalue weighted by atomic mass is 32.2. The molecule has 3 heteroatoms. The summed E-state index contributed by atoms with van der Waals surface area (Å²) >= 11 is 1.58. The van der Waals surface area contributed by atoms with Crippen LogP contribution in [0.4, 0.5) is 0 Å². The SMILES string of the molecule is CC(C)SC(N)CO. The summed E-state index contributed by atoms with van der Waals surface area (Å²) in [5.41, 5.74) is 5.39. The van der Waals surface area contributed by atoms with Crippen LogP contribution in [0.2, 0.25) is 0 Å². The molecule has 0 aliphatic heterocycles. The fourth-order valence-corrected chi connectivity index (χ4v) is 1.18. The van der Waals surface area contributed by atoms with Crippen molar-refractivity contribution in [1.82, 2.24) is 0 Å². The van der Waals surface area contributed by atoms with Crippen molar-refractivity contribution in [2.24, 2.45) is 5.73 Å². The van der Waals surface area contributed by atoms with Gasteiger partial charge in [0.15, 0.2) is 0 Å². The first-order valence-electron chi connectivity index (χ1n) is 2.68.